The van der Waals surface area contributed by atoms with E-state index in [9.17, 15) is 4.79 Å². The van der Waals surface area contributed by atoms with Crippen molar-refractivity contribution in [2.75, 3.05) is 12.3 Å². The van der Waals surface area contributed by atoms with E-state index < -0.39 is 0 Å². The molecule has 2 rings (SSSR count). The number of hydrogen-bond acceptors (Lipinski definition) is 6. The van der Waals surface area contributed by atoms with Gasteiger partial charge in [-0.15, -0.1) is 0 Å². The van der Waals surface area contributed by atoms with Gasteiger partial charge in [0.15, 0.2) is 5.65 Å². The van der Waals surface area contributed by atoms with Gasteiger partial charge >= 0.3 is 5.97 Å². The quantitative estimate of drug-likeness (QED) is 0.620. The summed E-state index contributed by atoms with van der Waals surface area (Å²) in [6.07, 6.45) is 5.00. The summed E-state index contributed by atoms with van der Waals surface area (Å²) in [5, 5.41) is 0. The number of carbonyl (C=O) groups excluding carboxylic acids is 1. The first-order valence-corrected chi connectivity index (χ1v) is 5.73. The molecule has 2 N–H and O–H groups in total. The van der Waals surface area contributed by atoms with Crippen LogP contribution in [0.4, 0.5) is 5.95 Å². The highest BCUT2D eigenvalue weighted by Gasteiger charge is 2.04. The molecule has 2 aromatic rings. The van der Waals surface area contributed by atoms with E-state index in [1.807, 2.05) is 4.57 Å². The molecule has 0 aromatic carbocycles. The third-order valence-electron chi connectivity index (χ3n) is 2.48. The first-order chi connectivity index (χ1) is 8.66. The molecule has 0 saturated heterocycles. The van der Waals surface area contributed by atoms with Crippen molar-refractivity contribution in [1.29, 1.82) is 0 Å². The van der Waals surface area contributed by atoms with E-state index in [0.29, 0.717) is 6.61 Å². The molecule has 0 aliphatic heterocycles. The molecule has 0 amide bonds. The van der Waals surface area contributed by atoms with Crippen LogP contribution in [0.2, 0.25) is 0 Å². The van der Waals surface area contributed by atoms with E-state index in [-0.39, 0.29) is 11.9 Å². The fourth-order valence-electron chi connectivity index (χ4n) is 1.63. The molecule has 0 unspecified atom stereocenters. The van der Waals surface area contributed by atoms with Crippen molar-refractivity contribution in [3.05, 3.63) is 12.5 Å². The van der Waals surface area contributed by atoms with Gasteiger partial charge in [0, 0.05) is 13.5 Å². The molecule has 0 saturated carbocycles. The molecular weight excluding hydrogens is 234 g/mol. The molecule has 0 spiro atoms. The highest BCUT2D eigenvalue weighted by molar-refractivity contribution is 5.70. The fraction of sp³-hybridized carbons (Fsp3) is 0.455. The highest BCUT2D eigenvalue weighted by atomic mass is 16.5. The predicted molar refractivity (Wildman–Crippen MR) is 65.6 cm³/mol. The number of nitrogens with zero attached hydrogens (tertiary/aromatic N) is 4. The second-order valence-electron chi connectivity index (χ2n) is 3.92. The van der Waals surface area contributed by atoms with Gasteiger partial charge in [0.25, 0.3) is 0 Å². The van der Waals surface area contributed by atoms with Crippen molar-refractivity contribution < 1.29 is 9.53 Å². The minimum atomic E-state index is -0.247. The molecule has 2 aromatic heterocycles. The van der Waals surface area contributed by atoms with E-state index in [1.54, 1.807) is 12.5 Å². The molecule has 0 radical (unpaired) electrons. The van der Waals surface area contributed by atoms with Crippen LogP contribution < -0.4 is 5.73 Å². The zero-order chi connectivity index (χ0) is 13.0. The smallest absolute Gasteiger partial charge is 0.302 e. The summed E-state index contributed by atoms with van der Waals surface area (Å²) in [5.74, 6) is -0.00671. The Morgan fingerprint density at radius 1 is 1.44 bits per heavy atom. The molecule has 96 valence electrons. The molecule has 7 nitrogen and oxygen atoms in total. The normalized spacial score (nSPS) is 10.7. The van der Waals surface area contributed by atoms with Gasteiger partial charge < -0.3 is 15.0 Å². The number of carbonyl (C=O) groups is 1. The van der Waals surface area contributed by atoms with Crippen molar-refractivity contribution in [2.45, 2.75) is 26.3 Å². The summed E-state index contributed by atoms with van der Waals surface area (Å²) < 4.78 is 6.78. The molecule has 18 heavy (non-hydrogen) atoms. The van der Waals surface area contributed by atoms with Crippen LogP contribution in [0.5, 0.6) is 0 Å². The zero-order valence-electron chi connectivity index (χ0n) is 10.2. The van der Waals surface area contributed by atoms with Crippen molar-refractivity contribution in [3.8, 4) is 0 Å². The van der Waals surface area contributed by atoms with Crippen LogP contribution in [0.1, 0.15) is 19.8 Å². The Labute approximate surface area is 104 Å². The molecule has 0 aliphatic rings. The monoisotopic (exact) mass is 249 g/mol. The van der Waals surface area contributed by atoms with Gasteiger partial charge in [-0.05, 0) is 12.8 Å². The summed E-state index contributed by atoms with van der Waals surface area (Å²) >= 11 is 0. The lowest BCUT2D eigenvalue weighted by molar-refractivity contribution is -0.141. The number of nitrogens with two attached hydrogens (primary N) is 1. The number of imidazole rings is 1. The number of aryl methyl sites for hydroxylation is 1. The summed E-state index contributed by atoms with van der Waals surface area (Å²) in [7, 11) is 0. The highest BCUT2D eigenvalue weighted by Crippen LogP contribution is 2.10. The van der Waals surface area contributed by atoms with Crippen LogP contribution in [-0.2, 0) is 16.1 Å². The van der Waals surface area contributed by atoms with Crippen LogP contribution in [0, 0.1) is 0 Å². The molecule has 0 atom stereocenters. The second kappa shape index (κ2) is 5.44. The van der Waals surface area contributed by atoms with Gasteiger partial charge in [0.1, 0.15) is 5.52 Å². The van der Waals surface area contributed by atoms with Gasteiger partial charge in [-0.3, -0.25) is 4.79 Å². The number of esters is 1. The van der Waals surface area contributed by atoms with Gasteiger partial charge in [-0.25, -0.2) is 9.97 Å². The van der Waals surface area contributed by atoms with Crippen LogP contribution in [0.15, 0.2) is 12.5 Å². The Kier molecular flexibility index (Phi) is 3.71. The molecule has 0 fully saturated rings. The standard InChI is InChI=1S/C11H15N5O2/c1-8(17)18-5-3-2-4-16-7-14-9-6-13-11(12)15-10(9)16/h6-7H,2-5H2,1H3,(H2,12,13,15). The maximum Gasteiger partial charge on any atom is 0.302 e. The summed E-state index contributed by atoms with van der Waals surface area (Å²) in [4.78, 5) is 22.8. The summed E-state index contributed by atoms with van der Waals surface area (Å²) in [5.41, 5.74) is 7.00. The number of hydrogen-bond donors (Lipinski definition) is 1. The number of fused-ring (bicyclic) bond motifs is 1. The van der Waals surface area contributed by atoms with Crippen molar-refractivity contribution in [2.24, 2.45) is 0 Å². The maximum atomic E-state index is 10.6. The Hall–Kier alpha value is -2.18. The average molecular weight is 249 g/mol. The lowest BCUT2D eigenvalue weighted by atomic mass is 10.3. The molecule has 0 bridgehead atoms. The molecule has 0 aliphatic carbocycles. The van der Waals surface area contributed by atoms with Crippen LogP contribution >= 0.6 is 0 Å². The Balaban J connectivity index is 1.91. The molecule has 2 heterocycles. The average Bonchev–Trinajstić information content (AvgIpc) is 2.71. The summed E-state index contributed by atoms with van der Waals surface area (Å²) in [6.45, 7) is 2.61. The summed E-state index contributed by atoms with van der Waals surface area (Å²) in [6, 6.07) is 0. The Bertz CT molecular complexity index is 551. The van der Waals surface area contributed by atoms with Crippen LogP contribution in [0.25, 0.3) is 11.2 Å². The first kappa shape index (κ1) is 12.3. The third-order valence-corrected chi connectivity index (χ3v) is 2.48. The third kappa shape index (κ3) is 2.93. The second-order valence-corrected chi connectivity index (χ2v) is 3.92. The number of aromatic nitrogens is 4. The minimum Gasteiger partial charge on any atom is -0.466 e. The maximum absolute atomic E-state index is 10.6. The van der Waals surface area contributed by atoms with Crippen molar-refractivity contribution in [3.63, 3.8) is 0 Å². The van der Waals surface area contributed by atoms with E-state index in [2.05, 4.69) is 15.0 Å². The van der Waals surface area contributed by atoms with Gasteiger partial charge in [-0.1, -0.05) is 0 Å². The molecular formula is C11H15N5O2. The lowest BCUT2D eigenvalue weighted by Crippen LogP contribution is -2.04. The fourth-order valence-corrected chi connectivity index (χ4v) is 1.63. The number of anilines is 1. The van der Waals surface area contributed by atoms with Gasteiger partial charge in [-0.2, -0.15) is 4.98 Å². The van der Waals surface area contributed by atoms with Crippen LogP contribution in [-0.4, -0.2) is 32.1 Å². The Morgan fingerprint density at radius 2 is 2.28 bits per heavy atom. The predicted octanol–water partition coefficient (Wildman–Crippen LogP) is 0.752. The van der Waals surface area contributed by atoms with Gasteiger partial charge in [0.05, 0.1) is 19.1 Å². The number of unbranched alkanes of at least 4 members (excludes halogenated alkanes) is 1. The van der Waals surface area contributed by atoms with E-state index in [4.69, 9.17) is 10.5 Å². The number of rotatable bonds is 5. The van der Waals surface area contributed by atoms with E-state index >= 15 is 0 Å². The minimum absolute atomic E-state index is 0.240. The SMILES string of the molecule is CC(=O)OCCCCn1cnc2cnc(N)nc21. The number of ether oxygens (including phenoxy) is 1. The zero-order valence-corrected chi connectivity index (χ0v) is 10.2. The molecule has 7 heteroatoms. The largest absolute Gasteiger partial charge is 0.466 e. The Morgan fingerprint density at radius 3 is 3.06 bits per heavy atom. The topological polar surface area (TPSA) is 95.9 Å². The lowest BCUT2D eigenvalue weighted by Gasteiger charge is -2.04. The van der Waals surface area contributed by atoms with Crippen LogP contribution in [0.3, 0.4) is 0 Å². The van der Waals surface area contributed by atoms with E-state index in [0.717, 1.165) is 30.6 Å². The van der Waals surface area contributed by atoms with Crippen molar-refractivity contribution in [1.82, 2.24) is 19.5 Å². The van der Waals surface area contributed by atoms with Crippen molar-refractivity contribution >= 4 is 23.1 Å². The number of nitrogen functional groups attached to an aromatic ring is 1. The van der Waals surface area contributed by atoms with E-state index in [1.165, 1.54) is 6.92 Å². The van der Waals surface area contributed by atoms with Gasteiger partial charge in [0.2, 0.25) is 5.95 Å². The first-order valence-electron chi connectivity index (χ1n) is 5.73.